The first-order valence-corrected chi connectivity index (χ1v) is 6.84. The molecule has 2 rings (SSSR count). The Morgan fingerprint density at radius 1 is 1.56 bits per heavy atom. The molecular formula is C12H21N3S. The van der Waals surface area contributed by atoms with E-state index in [1.54, 1.807) is 11.3 Å². The Kier molecular flexibility index (Phi) is 3.95. The van der Waals surface area contributed by atoms with Crippen LogP contribution in [0.4, 0.5) is 0 Å². The highest BCUT2D eigenvalue weighted by atomic mass is 32.1. The fourth-order valence-corrected chi connectivity index (χ4v) is 3.57. The molecule has 2 unspecified atom stereocenters. The van der Waals surface area contributed by atoms with Gasteiger partial charge in [0, 0.05) is 23.7 Å². The van der Waals surface area contributed by atoms with E-state index in [1.807, 2.05) is 6.20 Å². The molecule has 16 heavy (non-hydrogen) atoms. The van der Waals surface area contributed by atoms with E-state index >= 15 is 0 Å². The molecule has 3 nitrogen and oxygen atoms in total. The van der Waals surface area contributed by atoms with Gasteiger partial charge in [-0.2, -0.15) is 0 Å². The molecule has 0 radical (unpaired) electrons. The van der Waals surface area contributed by atoms with Crippen LogP contribution in [-0.2, 0) is 6.54 Å². The maximum atomic E-state index is 5.82. The Bertz CT molecular complexity index is 337. The summed E-state index contributed by atoms with van der Waals surface area (Å²) in [7, 11) is 2.22. The van der Waals surface area contributed by atoms with Crippen molar-refractivity contribution >= 4 is 11.3 Å². The molecule has 4 heteroatoms. The second kappa shape index (κ2) is 5.25. The molecule has 1 aromatic heterocycles. The lowest BCUT2D eigenvalue weighted by Gasteiger charge is -2.28. The number of nitrogens with zero attached hydrogens (tertiary/aromatic N) is 2. The van der Waals surface area contributed by atoms with Gasteiger partial charge in [0.1, 0.15) is 0 Å². The molecule has 0 saturated heterocycles. The normalized spacial score (nSPS) is 25.5. The van der Waals surface area contributed by atoms with Crippen molar-refractivity contribution in [1.82, 2.24) is 9.88 Å². The van der Waals surface area contributed by atoms with Crippen molar-refractivity contribution in [2.24, 2.45) is 11.7 Å². The minimum atomic E-state index is 0.674. The number of rotatable bonds is 4. The van der Waals surface area contributed by atoms with Crippen LogP contribution in [0.15, 0.2) is 6.20 Å². The topological polar surface area (TPSA) is 42.2 Å². The van der Waals surface area contributed by atoms with Crippen molar-refractivity contribution in [1.29, 1.82) is 0 Å². The maximum Gasteiger partial charge on any atom is 0.0897 e. The average Bonchev–Trinajstić information content (AvgIpc) is 2.86. The zero-order chi connectivity index (χ0) is 11.5. The Labute approximate surface area is 102 Å². The lowest BCUT2D eigenvalue weighted by atomic mass is 10.0. The maximum absolute atomic E-state index is 5.82. The number of aryl methyl sites for hydroxylation is 1. The van der Waals surface area contributed by atoms with Crippen molar-refractivity contribution in [3.8, 4) is 0 Å². The predicted octanol–water partition coefficient (Wildman–Crippen LogP) is 2.01. The summed E-state index contributed by atoms with van der Waals surface area (Å²) in [6, 6.07) is 0.674. The van der Waals surface area contributed by atoms with E-state index in [-0.39, 0.29) is 0 Å². The van der Waals surface area contributed by atoms with Gasteiger partial charge in [0.15, 0.2) is 0 Å². The van der Waals surface area contributed by atoms with E-state index in [0.29, 0.717) is 12.0 Å². The van der Waals surface area contributed by atoms with Crippen molar-refractivity contribution in [3.05, 3.63) is 16.1 Å². The minimum absolute atomic E-state index is 0.674. The molecule has 0 aromatic carbocycles. The van der Waals surface area contributed by atoms with Crippen molar-refractivity contribution < 1.29 is 0 Å². The van der Waals surface area contributed by atoms with Crippen LogP contribution >= 0.6 is 11.3 Å². The van der Waals surface area contributed by atoms with Crippen LogP contribution in [0.1, 0.15) is 29.1 Å². The van der Waals surface area contributed by atoms with Gasteiger partial charge >= 0.3 is 0 Å². The fraction of sp³-hybridized carbons (Fsp3) is 0.750. The highest BCUT2D eigenvalue weighted by Crippen LogP contribution is 2.29. The number of hydrogen-bond acceptors (Lipinski definition) is 4. The molecule has 90 valence electrons. The van der Waals surface area contributed by atoms with Gasteiger partial charge in [0.2, 0.25) is 0 Å². The molecule has 1 saturated carbocycles. The lowest BCUT2D eigenvalue weighted by Crippen LogP contribution is -2.37. The standard InChI is InChI=1S/C12H21N3S/c1-9-14-7-11(16-9)8-15(2)12-5-3-4-10(12)6-13/h7,10,12H,3-6,8,13H2,1-2H3. The molecule has 0 spiro atoms. The van der Waals surface area contributed by atoms with E-state index in [0.717, 1.165) is 18.1 Å². The second-order valence-electron chi connectivity index (χ2n) is 4.75. The summed E-state index contributed by atoms with van der Waals surface area (Å²) >= 11 is 1.80. The number of hydrogen-bond donors (Lipinski definition) is 1. The molecule has 1 heterocycles. The minimum Gasteiger partial charge on any atom is -0.330 e. The SMILES string of the molecule is Cc1ncc(CN(C)C2CCCC2CN)s1. The smallest absolute Gasteiger partial charge is 0.0897 e. The summed E-state index contributed by atoms with van der Waals surface area (Å²) in [4.78, 5) is 8.12. The summed E-state index contributed by atoms with van der Waals surface area (Å²) < 4.78 is 0. The van der Waals surface area contributed by atoms with E-state index in [2.05, 4.69) is 23.9 Å². The van der Waals surface area contributed by atoms with Gasteiger partial charge in [-0.3, -0.25) is 4.90 Å². The molecule has 0 bridgehead atoms. The summed E-state index contributed by atoms with van der Waals surface area (Å²) in [6.07, 6.45) is 5.94. The molecule has 0 aliphatic heterocycles. The molecule has 2 atom stereocenters. The summed E-state index contributed by atoms with van der Waals surface area (Å²) in [5, 5.41) is 1.16. The van der Waals surface area contributed by atoms with Gasteiger partial charge in [-0.15, -0.1) is 11.3 Å². The van der Waals surface area contributed by atoms with Crippen LogP contribution in [0.2, 0.25) is 0 Å². The molecule has 1 aliphatic rings. The Morgan fingerprint density at radius 2 is 2.38 bits per heavy atom. The van der Waals surface area contributed by atoms with Crippen LogP contribution in [-0.4, -0.2) is 29.5 Å². The second-order valence-corrected chi connectivity index (χ2v) is 6.07. The van der Waals surface area contributed by atoms with Crippen LogP contribution in [0, 0.1) is 12.8 Å². The van der Waals surface area contributed by atoms with E-state index in [9.17, 15) is 0 Å². The first kappa shape index (κ1) is 12.0. The van der Waals surface area contributed by atoms with Crippen molar-refractivity contribution in [2.45, 2.75) is 38.8 Å². The first-order chi connectivity index (χ1) is 7.70. The lowest BCUT2D eigenvalue weighted by molar-refractivity contribution is 0.194. The van der Waals surface area contributed by atoms with Gasteiger partial charge in [-0.1, -0.05) is 6.42 Å². The molecule has 0 amide bonds. The van der Waals surface area contributed by atoms with Crippen LogP contribution in [0.3, 0.4) is 0 Å². The zero-order valence-electron chi connectivity index (χ0n) is 10.1. The van der Waals surface area contributed by atoms with Crippen molar-refractivity contribution in [3.63, 3.8) is 0 Å². The molecule has 1 aliphatic carbocycles. The molecule has 1 aromatic rings. The van der Waals surface area contributed by atoms with Gasteiger partial charge in [-0.25, -0.2) is 4.98 Å². The van der Waals surface area contributed by atoms with Gasteiger partial charge in [-0.05, 0) is 39.3 Å². The summed E-state index contributed by atoms with van der Waals surface area (Å²) in [5.74, 6) is 0.694. The average molecular weight is 239 g/mol. The van der Waals surface area contributed by atoms with Crippen LogP contribution in [0.5, 0.6) is 0 Å². The van der Waals surface area contributed by atoms with Gasteiger partial charge in [0.05, 0.1) is 5.01 Å². The Balaban J connectivity index is 1.94. The molecular weight excluding hydrogens is 218 g/mol. The van der Waals surface area contributed by atoms with Gasteiger partial charge in [0.25, 0.3) is 0 Å². The quantitative estimate of drug-likeness (QED) is 0.874. The number of thiazole rings is 1. The first-order valence-electron chi connectivity index (χ1n) is 6.02. The third-order valence-electron chi connectivity index (χ3n) is 3.56. The van der Waals surface area contributed by atoms with Crippen molar-refractivity contribution in [2.75, 3.05) is 13.6 Å². The van der Waals surface area contributed by atoms with E-state index < -0.39 is 0 Å². The van der Waals surface area contributed by atoms with E-state index in [4.69, 9.17) is 5.73 Å². The summed E-state index contributed by atoms with van der Waals surface area (Å²) in [6.45, 7) is 3.91. The summed E-state index contributed by atoms with van der Waals surface area (Å²) in [5.41, 5.74) is 5.82. The molecule has 1 fully saturated rings. The third kappa shape index (κ3) is 2.62. The largest absolute Gasteiger partial charge is 0.330 e. The van der Waals surface area contributed by atoms with Gasteiger partial charge < -0.3 is 5.73 Å². The Hall–Kier alpha value is -0.450. The fourth-order valence-electron chi connectivity index (χ4n) is 2.71. The third-order valence-corrected chi connectivity index (χ3v) is 4.46. The monoisotopic (exact) mass is 239 g/mol. The van der Waals surface area contributed by atoms with Crippen LogP contribution in [0.25, 0.3) is 0 Å². The number of nitrogens with two attached hydrogens (primary N) is 1. The highest BCUT2D eigenvalue weighted by molar-refractivity contribution is 7.11. The molecule has 2 N–H and O–H groups in total. The Morgan fingerprint density at radius 3 is 3.00 bits per heavy atom. The van der Waals surface area contributed by atoms with E-state index in [1.165, 1.54) is 24.1 Å². The predicted molar refractivity (Wildman–Crippen MR) is 68.5 cm³/mol. The number of aromatic nitrogens is 1. The zero-order valence-corrected chi connectivity index (χ0v) is 11.0. The highest BCUT2D eigenvalue weighted by Gasteiger charge is 2.29. The van der Waals surface area contributed by atoms with Crippen LogP contribution < -0.4 is 5.73 Å².